The molecule has 0 heterocycles. The van der Waals surface area contributed by atoms with Gasteiger partial charge >= 0.3 is 5.97 Å². The predicted molar refractivity (Wildman–Crippen MR) is 150 cm³/mol. The summed E-state index contributed by atoms with van der Waals surface area (Å²) >= 11 is 0. The Morgan fingerprint density at radius 3 is 2.56 bits per heavy atom. The van der Waals surface area contributed by atoms with Gasteiger partial charge in [-0.15, -0.1) is 0 Å². The van der Waals surface area contributed by atoms with Crippen LogP contribution < -0.4 is 4.74 Å². The Hall–Kier alpha value is -2.18. The summed E-state index contributed by atoms with van der Waals surface area (Å²) in [7, 11) is -0.370. The Balaban J connectivity index is 2.12. The average molecular weight is 515 g/mol. The largest absolute Gasteiger partial charge is 0.497 e. The van der Waals surface area contributed by atoms with Crippen LogP contribution in [0, 0.1) is 11.8 Å². The monoisotopic (exact) mass is 514 g/mol. The number of carbonyl (C=O) groups is 2. The molecule has 0 aliphatic heterocycles. The van der Waals surface area contributed by atoms with Crippen LogP contribution >= 0.6 is 0 Å². The van der Waals surface area contributed by atoms with Crippen LogP contribution in [-0.4, -0.2) is 39.4 Å². The van der Waals surface area contributed by atoms with Gasteiger partial charge in [0.1, 0.15) is 11.5 Å². The summed E-state index contributed by atoms with van der Waals surface area (Å²) < 4.78 is 17.3. The number of methoxy groups -OCH3 is 1. The van der Waals surface area contributed by atoms with Crippen molar-refractivity contribution in [2.24, 2.45) is 11.8 Å². The van der Waals surface area contributed by atoms with Crippen molar-refractivity contribution in [1.29, 1.82) is 0 Å². The summed E-state index contributed by atoms with van der Waals surface area (Å²) in [6.45, 7) is 14.9. The van der Waals surface area contributed by atoms with Gasteiger partial charge in [0, 0.05) is 24.7 Å². The molecular formula is C30H46O5Si. The van der Waals surface area contributed by atoms with Gasteiger partial charge < -0.3 is 13.9 Å². The van der Waals surface area contributed by atoms with Crippen LogP contribution in [0.25, 0.3) is 6.08 Å². The molecule has 0 saturated heterocycles. The summed E-state index contributed by atoms with van der Waals surface area (Å²) in [5.74, 6) is 0.833. The second-order valence-corrected chi connectivity index (χ2v) is 16.3. The van der Waals surface area contributed by atoms with Crippen LogP contribution in [0.2, 0.25) is 18.1 Å². The number of esters is 1. The molecule has 0 spiro atoms. The number of rotatable bonds is 12. The van der Waals surface area contributed by atoms with Crippen molar-refractivity contribution in [2.45, 2.75) is 97.1 Å². The molecule has 5 nitrogen and oxygen atoms in total. The van der Waals surface area contributed by atoms with E-state index in [1.807, 2.05) is 38.1 Å². The molecular weight excluding hydrogens is 468 g/mol. The molecule has 6 heteroatoms. The molecule has 1 aromatic rings. The Morgan fingerprint density at radius 2 is 1.92 bits per heavy atom. The number of Topliss-reactive ketones (excluding diaryl/α,β-unsaturated/α-hetero) is 1. The SMILES string of the molecule is COc1cccc(/C=C/[C@H]2[C@H](O[Si](C)(C)C(C)(C)C)CC(=O)[C@@H]2C/C=C\CCCC(=O)OC(C)C)c1. The predicted octanol–water partition coefficient (Wildman–Crippen LogP) is 7.37. The zero-order valence-electron chi connectivity index (χ0n) is 23.5. The minimum Gasteiger partial charge on any atom is -0.497 e. The lowest BCUT2D eigenvalue weighted by Gasteiger charge is -2.39. The smallest absolute Gasteiger partial charge is 0.306 e. The quantitative estimate of drug-likeness (QED) is 0.126. The normalized spacial score (nSPS) is 21.1. The Kier molecular flexibility index (Phi) is 11.2. The van der Waals surface area contributed by atoms with Crippen LogP contribution in [0.5, 0.6) is 5.75 Å². The molecule has 0 bridgehead atoms. The number of unbranched alkanes of at least 4 members (excludes halogenated alkanes) is 1. The lowest BCUT2D eigenvalue weighted by molar-refractivity contribution is -0.147. The maximum absolute atomic E-state index is 13.1. The van der Waals surface area contributed by atoms with E-state index in [0.717, 1.165) is 24.2 Å². The average Bonchev–Trinajstić information content (AvgIpc) is 3.06. The Morgan fingerprint density at radius 1 is 1.19 bits per heavy atom. The fourth-order valence-corrected chi connectivity index (χ4v) is 5.55. The molecule has 200 valence electrons. The van der Waals surface area contributed by atoms with E-state index in [-0.39, 0.29) is 40.8 Å². The zero-order valence-corrected chi connectivity index (χ0v) is 24.5. The van der Waals surface area contributed by atoms with E-state index in [4.69, 9.17) is 13.9 Å². The Bertz CT molecular complexity index is 926. The summed E-state index contributed by atoms with van der Waals surface area (Å²) in [5.41, 5.74) is 1.04. The molecule has 0 N–H and O–H groups in total. The van der Waals surface area contributed by atoms with Gasteiger partial charge in [-0.3, -0.25) is 9.59 Å². The van der Waals surface area contributed by atoms with Crippen LogP contribution in [-0.2, 0) is 18.8 Å². The van der Waals surface area contributed by atoms with Crippen molar-refractivity contribution in [3.63, 3.8) is 0 Å². The van der Waals surface area contributed by atoms with Crippen LogP contribution in [0.15, 0.2) is 42.5 Å². The standard InChI is InChI=1S/C30H46O5Si/c1-22(2)34-29(32)17-12-10-9-11-16-25-26(19-18-23-14-13-15-24(20-23)33-6)28(21-27(25)31)35-36(7,8)30(3,4)5/h9,11,13-15,18-20,22,25-26,28H,10,12,16-17,21H2,1-8H3/b11-9-,19-18+/t25-,26-,28-/m1/s1. The highest BCUT2D eigenvalue weighted by molar-refractivity contribution is 6.74. The third-order valence-electron chi connectivity index (χ3n) is 7.24. The number of hydrogen-bond donors (Lipinski definition) is 0. The summed E-state index contributed by atoms with van der Waals surface area (Å²) in [6.07, 6.45) is 11.3. The van der Waals surface area contributed by atoms with Gasteiger partial charge in [0.05, 0.1) is 19.3 Å². The molecule has 0 unspecified atom stereocenters. The highest BCUT2D eigenvalue weighted by Crippen LogP contribution is 2.43. The molecule has 36 heavy (non-hydrogen) atoms. The third-order valence-corrected chi connectivity index (χ3v) is 11.7. The second-order valence-electron chi connectivity index (χ2n) is 11.5. The molecule has 1 aliphatic carbocycles. The third kappa shape index (κ3) is 9.04. The zero-order chi connectivity index (χ0) is 26.9. The number of carbonyl (C=O) groups excluding carboxylic acids is 2. The first-order valence-electron chi connectivity index (χ1n) is 13.2. The van der Waals surface area contributed by atoms with E-state index in [0.29, 0.717) is 19.3 Å². The maximum Gasteiger partial charge on any atom is 0.306 e. The van der Waals surface area contributed by atoms with Gasteiger partial charge in [-0.25, -0.2) is 0 Å². The van der Waals surface area contributed by atoms with E-state index in [1.165, 1.54) is 0 Å². The van der Waals surface area contributed by atoms with E-state index >= 15 is 0 Å². The maximum atomic E-state index is 13.1. The number of allylic oxidation sites excluding steroid dienone is 2. The first-order chi connectivity index (χ1) is 16.8. The van der Waals surface area contributed by atoms with Crippen molar-refractivity contribution in [3.05, 3.63) is 48.1 Å². The minimum atomic E-state index is -2.03. The van der Waals surface area contributed by atoms with E-state index in [9.17, 15) is 9.59 Å². The molecule has 1 aliphatic rings. The van der Waals surface area contributed by atoms with Gasteiger partial charge in [0.15, 0.2) is 8.32 Å². The molecule has 1 fully saturated rings. The molecule has 1 saturated carbocycles. The second kappa shape index (κ2) is 13.4. The number of ether oxygens (including phenoxy) is 2. The van der Waals surface area contributed by atoms with Gasteiger partial charge in [-0.05, 0) is 68.9 Å². The highest BCUT2D eigenvalue weighted by atomic mass is 28.4. The minimum absolute atomic E-state index is 0.0171. The molecule has 0 radical (unpaired) electrons. The van der Waals surface area contributed by atoms with Gasteiger partial charge in [-0.1, -0.05) is 57.2 Å². The summed E-state index contributed by atoms with van der Waals surface area (Å²) in [4.78, 5) is 24.9. The van der Waals surface area contributed by atoms with Gasteiger partial charge in [-0.2, -0.15) is 0 Å². The molecule has 1 aromatic carbocycles. The molecule has 0 amide bonds. The topological polar surface area (TPSA) is 61.8 Å². The number of ketones is 1. The lowest BCUT2D eigenvalue weighted by Crippen LogP contribution is -2.45. The van der Waals surface area contributed by atoms with Gasteiger partial charge in [0.25, 0.3) is 0 Å². The lowest BCUT2D eigenvalue weighted by atomic mass is 9.90. The first-order valence-corrected chi connectivity index (χ1v) is 16.1. The van der Waals surface area contributed by atoms with Crippen molar-refractivity contribution in [1.82, 2.24) is 0 Å². The fourth-order valence-electron chi connectivity index (χ4n) is 4.20. The molecule has 3 atom stereocenters. The molecule has 2 rings (SSSR count). The number of benzene rings is 1. The molecule has 0 aromatic heterocycles. The van der Waals surface area contributed by atoms with Crippen LogP contribution in [0.3, 0.4) is 0 Å². The van der Waals surface area contributed by atoms with Crippen molar-refractivity contribution in [2.75, 3.05) is 7.11 Å². The van der Waals surface area contributed by atoms with E-state index in [2.05, 4.69) is 58.2 Å². The number of hydrogen-bond acceptors (Lipinski definition) is 5. The summed E-state index contributed by atoms with van der Waals surface area (Å²) in [6, 6.07) is 7.93. The van der Waals surface area contributed by atoms with Crippen molar-refractivity contribution in [3.8, 4) is 5.75 Å². The van der Waals surface area contributed by atoms with Gasteiger partial charge in [0.2, 0.25) is 0 Å². The van der Waals surface area contributed by atoms with Crippen molar-refractivity contribution < 1.29 is 23.5 Å². The first kappa shape index (κ1) is 30.0. The van der Waals surface area contributed by atoms with Crippen LogP contribution in [0.4, 0.5) is 0 Å². The van der Waals surface area contributed by atoms with E-state index in [1.54, 1.807) is 7.11 Å². The van der Waals surface area contributed by atoms with Crippen LogP contribution in [0.1, 0.15) is 72.3 Å². The Labute approximate surface area is 219 Å². The van der Waals surface area contributed by atoms with Crippen molar-refractivity contribution >= 4 is 26.1 Å². The van der Waals surface area contributed by atoms with E-state index < -0.39 is 8.32 Å². The highest BCUT2D eigenvalue weighted by Gasteiger charge is 2.46. The summed E-state index contributed by atoms with van der Waals surface area (Å²) in [5, 5.41) is 0.0752. The fraction of sp³-hybridized carbons (Fsp3) is 0.600.